The summed E-state index contributed by atoms with van der Waals surface area (Å²) in [6, 6.07) is 10.6. The van der Waals surface area contributed by atoms with Crippen LogP contribution in [0.25, 0.3) is 11.0 Å². The highest BCUT2D eigenvalue weighted by atomic mass is 19.1. The van der Waals surface area contributed by atoms with Gasteiger partial charge in [0.1, 0.15) is 11.6 Å². The Hall–Kier alpha value is -3.29. The van der Waals surface area contributed by atoms with Gasteiger partial charge in [-0.1, -0.05) is 19.1 Å². The van der Waals surface area contributed by atoms with E-state index in [4.69, 9.17) is 9.72 Å². The quantitative estimate of drug-likeness (QED) is 0.626. The van der Waals surface area contributed by atoms with E-state index in [1.165, 1.54) is 0 Å². The van der Waals surface area contributed by atoms with Crippen LogP contribution in [0.2, 0.25) is 0 Å². The molecule has 162 valence electrons. The average molecular weight is 426 g/mol. The lowest BCUT2D eigenvalue weighted by Gasteiger charge is -2.32. The second-order valence-corrected chi connectivity index (χ2v) is 7.60. The van der Waals surface area contributed by atoms with Gasteiger partial charge in [0.25, 0.3) is 5.88 Å². The van der Waals surface area contributed by atoms with Crippen LogP contribution in [0, 0.1) is 17.6 Å². The van der Waals surface area contributed by atoms with Crippen LogP contribution in [0.3, 0.4) is 0 Å². The molecule has 2 aromatic carbocycles. The third-order valence-corrected chi connectivity index (χ3v) is 5.26. The first-order valence-electron chi connectivity index (χ1n) is 10.4. The first kappa shape index (κ1) is 21.0. The van der Waals surface area contributed by atoms with Crippen molar-refractivity contribution >= 4 is 28.4 Å². The summed E-state index contributed by atoms with van der Waals surface area (Å²) in [6.07, 6.45) is 2.04. The summed E-state index contributed by atoms with van der Waals surface area (Å²) in [6.45, 7) is 3.78. The molecule has 0 saturated carbocycles. The minimum atomic E-state index is -0.723. The van der Waals surface area contributed by atoms with Crippen LogP contribution < -0.4 is 15.0 Å². The van der Waals surface area contributed by atoms with Crippen molar-refractivity contribution < 1.29 is 18.3 Å². The van der Waals surface area contributed by atoms with Crippen molar-refractivity contribution in [2.24, 2.45) is 5.92 Å². The van der Waals surface area contributed by atoms with E-state index in [2.05, 4.69) is 15.2 Å². The number of fused-ring (bicyclic) bond motifs is 1. The van der Waals surface area contributed by atoms with Gasteiger partial charge in [-0.05, 0) is 43.5 Å². The molecule has 1 aliphatic heterocycles. The van der Waals surface area contributed by atoms with Gasteiger partial charge in [-0.3, -0.25) is 4.79 Å². The summed E-state index contributed by atoms with van der Waals surface area (Å²) in [5.74, 6) is -0.760. The van der Waals surface area contributed by atoms with E-state index in [0.717, 1.165) is 35.7 Å². The zero-order valence-corrected chi connectivity index (χ0v) is 17.3. The Labute approximate surface area is 179 Å². The largest absolute Gasteiger partial charge is 0.475 e. The molecule has 2 heterocycles. The normalized spacial score (nSPS) is 14.6. The fraction of sp³-hybridized carbons (Fsp3) is 0.348. The van der Waals surface area contributed by atoms with Crippen molar-refractivity contribution in [3.63, 3.8) is 0 Å². The molecule has 1 fully saturated rings. The molecule has 1 aromatic heterocycles. The minimum absolute atomic E-state index is 0.126. The van der Waals surface area contributed by atoms with Gasteiger partial charge < -0.3 is 15.0 Å². The molecule has 31 heavy (non-hydrogen) atoms. The Bertz CT molecular complexity index is 1060. The highest BCUT2D eigenvalue weighted by molar-refractivity contribution is 5.92. The fourth-order valence-electron chi connectivity index (χ4n) is 3.70. The summed E-state index contributed by atoms with van der Waals surface area (Å²) in [7, 11) is 0. The van der Waals surface area contributed by atoms with Crippen LogP contribution in [-0.4, -0.2) is 35.6 Å². The molecule has 0 spiro atoms. The monoisotopic (exact) mass is 426 g/mol. The Balaban J connectivity index is 1.46. The second-order valence-electron chi connectivity index (χ2n) is 7.60. The van der Waals surface area contributed by atoms with Crippen molar-refractivity contribution in [1.29, 1.82) is 0 Å². The molecule has 6 nitrogen and oxygen atoms in total. The molecule has 0 bridgehead atoms. The van der Waals surface area contributed by atoms with Crippen LogP contribution in [0.4, 0.5) is 20.3 Å². The van der Waals surface area contributed by atoms with Crippen LogP contribution in [0.5, 0.6) is 5.88 Å². The van der Waals surface area contributed by atoms with Crippen molar-refractivity contribution in [2.75, 3.05) is 29.9 Å². The third kappa shape index (κ3) is 4.90. The number of rotatable bonds is 6. The Morgan fingerprint density at radius 1 is 1.10 bits per heavy atom. The molecule has 1 N–H and O–H groups in total. The van der Waals surface area contributed by atoms with Gasteiger partial charge in [-0.25, -0.2) is 18.7 Å². The maximum atomic E-state index is 13.4. The third-order valence-electron chi connectivity index (χ3n) is 5.26. The first-order chi connectivity index (χ1) is 15.0. The molecule has 0 radical (unpaired) electrons. The molecule has 1 aliphatic rings. The van der Waals surface area contributed by atoms with E-state index in [9.17, 15) is 13.6 Å². The predicted octanol–water partition coefficient (Wildman–Crippen LogP) is 4.55. The smallest absolute Gasteiger partial charge is 0.258 e. The molecular weight excluding hydrogens is 402 g/mol. The number of anilines is 2. The molecule has 1 amide bonds. The number of carbonyl (C=O) groups is 1. The average Bonchev–Trinajstić information content (AvgIpc) is 2.76. The van der Waals surface area contributed by atoms with E-state index < -0.39 is 11.6 Å². The molecule has 0 aliphatic carbocycles. The number of hydrogen-bond acceptors (Lipinski definition) is 5. The zero-order chi connectivity index (χ0) is 21.8. The molecular formula is C23H24F2N4O2. The summed E-state index contributed by atoms with van der Waals surface area (Å²) >= 11 is 0. The van der Waals surface area contributed by atoms with Crippen LogP contribution in [-0.2, 0) is 4.79 Å². The topological polar surface area (TPSA) is 67.4 Å². The zero-order valence-electron chi connectivity index (χ0n) is 17.3. The number of amides is 1. The van der Waals surface area contributed by atoms with E-state index in [1.54, 1.807) is 0 Å². The van der Waals surface area contributed by atoms with Gasteiger partial charge >= 0.3 is 0 Å². The SMILES string of the molecule is CCCOc1nc2ccccc2nc1N1CCC(C(=O)Nc2cc(F)cc(F)c2)CC1. The molecule has 0 atom stereocenters. The Morgan fingerprint density at radius 3 is 2.39 bits per heavy atom. The van der Waals surface area contributed by atoms with Gasteiger partial charge in [0.05, 0.1) is 17.6 Å². The lowest BCUT2D eigenvalue weighted by molar-refractivity contribution is -0.120. The van der Waals surface area contributed by atoms with E-state index in [0.29, 0.717) is 44.2 Å². The number of para-hydroxylation sites is 2. The summed E-state index contributed by atoms with van der Waals surface area (Å²) < 4.78 is 32.6. The number of hydrogen-bond donors (Lipinski definition) is 1. The van der Waals surface area contributed by atoms with Gasteiger partial charge in [0.15, 0.2) is 5.82 Å². The predicted molar refractivity (Wildman–Crippen MR) is 115 cm³/mol. The van der Waals surface area contributed by atoms with Crippen LogP contribution in [0.15, 0.2) is 42.5 Å². The van der Waals surface area contributed by atoms with E-state index in [1.807, 2.05) is 31.2 Å². The summed E-state index contributed by atoms with van der Waals surface area (Å²) in [5, 5.41) is 2.62. The highest BCUT2D eigenvalue weighted by Crippen LogP contribution is 2.31. The second kappa shape index (κ2) is 9.24. The minimum Gasteiger partial charge on any atom is -0.475 e. The highest BCUT2D eigenvalue weighted by Gasteiger charge is 2.28. The first-order valence-corrected chi connectivity index (χ1v) is 10.4. The van der Waals surface area contributed by atoms with Gasteiger partial charge in [0, 0.05) is 30.8 Å². The summed E-state index contributed by atoms with van der Waals surface area (Å²) in [4.78, 5) is 24.1. The molecule has 1 saturated heterocycles. The number of ether oxygens (including phenoxy) is 1. The fourth-order valence-corrected chi connectivity index (χ4v) is 3.70. The Kier molecular flexibility index (Phi) is 6.25. The summed E-state index contributed by atoms with van der Waals surface area (Å²) in [5.41, 5.74) is 1.68. The maximum Gasteiger partial charge on any atom is 0.258 e. The lowest BCUT2D eigenvalue weighted by Crippen LogP contribution is -2.39. The molecule has 4 rings (SSSR count). The number of nitrogens with zero attached hydrogens (tertiary/aromatic N) is 3. The van der Waals surface area contributed by atoms with Crippen molar-refractivity contribution in [3.05, 3.63) is 54.1 Å². The van der Waals surface area contributed by atoms with Crippen molar-refractivity contribution in [2.45, 2.75) is 26.2 Å². The van der Waals surface area contributed by atoms with Gasteiger partial charge in [-0.15, -0.1) is 0 Å². The number of nitrogens with one attached hydrogen (secondary N) is 1. The number of piperidine rings is 1. The van der Waals surface area contributed by atoms with Crippen molar-refractivity contribution in [1.82, 2.24) is 9.97 Å². The number of halogens is 2. The molecule has 0 unspecified atom stereocenters. The Morgan fingerprint density at radius 2 is 1.74 bits per heavy atom. The van der Waals surface area contributed by atoms with Crippen LogP contribution in [0.1, 0.15) is 26.2 Å². The van der Waals surface area contributed by atoms with Crippen molar-refractivity contribution in [3.8, 4) is 5.88 Å². The van der Waals surface area contributed by atoms with E-state index >= 15 is 0 Å². The van der Waals surface area contributed by atoms with Crippen LogP contribution >= 0.6 is 0 Å². The van der Waals surface area contributed by atoms with E-state index in [-0.39, 0.29) is 17.5 Å². The van der Waals surface area contributed by atoms with Gasteiger partial charge in [0.2, 0.25) is 5.91 Å². The standard InChI is InChI=1S/C23H24F2N4O2/c1-2-11-31-23-21(27-19-5-3-4-6-20(19)28-23)29-9-7-15(8-10-29)22(30)26-18-13-16(24)12-17(25)14-18/h3-6,12-15H,2,7-11H2,1H3,(H,26,30). The maximum absolute atomic E-state index is 13.4. The van der Waals surface area contributed by atoms with Gasteiger partial charge in [-0.2, -0.15) is 0 Å². The number of aromatic nitrogens is 2. The number of carbonyl (C=O) groups excluding carboxylic acids is 1. The lowest BCUT2D eigenvalue weighted by atomic mass is 9.95. The number of benzene rings is 2. The molecule has 3 aromatic rings. The molecule has 8 heteroatoms.